The molecule has 128 valence electrons. The van der Waals surface area contributed by atoms with Crippen LogP contribution >= 0.6 is 0 Å². The number of carbonyl (C=O) groups is 1. The van der Waals surface area contributed by atoms with Crippen molar-refractivity contribution in [2.45, 2.75) is 26.4 Å². The summed E-state index contributed by atoms with van der Waals surface area (Å²) >= 11 is 0. The van der Waals surface area contributed by atoms with Gasteiger partial charge in [0.1, 0.15) is 11.6 Å². The largest absolute Gasteiger partial charge is 0.494 e. The molecule has 0 heterocycles. The van der Waals surface area contributed by atoms with Crippen molar-refractivity contribution in [1.82, 2.24) is 4.90 Å². The monoisotopic (exact) mass is 330 g/mol. The number of carbonyl (C=O) groups excluding carboxylic acids is 1. The van der Waals surface area contributed by atoms with Gasteiger partial charge in [-0.25, -0.2) is 4.39 Å². The summed E-state index contributed by atoms with van der Waals surface area (Å²) in [4.78, 5) is 14.3. The number of benzene rings is 2. The summed E-state index contributed by atoms with van der Waals surface area (Å²) < 4.78 is 18.3. The summed E-state index contributed by atoms with van der Waals surface area (Å²) in [5.74, 6) is 0.384. The van der Waals surface area contributed by atoms with E-state index in [0.717, 1.165) is 11.3 Å². The fraction of sp³-hybridized carbons (Fsp3) is 0.316. The van der Waals surface area contributed by atoms with Crippen molar-refractivity contribution in [3.05, 3.63) is 59.9 Å². The van der Waals surface area contributed by atoms with Gasteiger partial charge in [-0.05, 0) is 62.9 Å². The van der Waals surface area contributed by atoms with E-state index in [1.807, 2.05) is 50.1 Å². The first-order valence-electron chi connectivity index (χ1n) is 7.98. The number of likely N-dealkylation sites (N-methyl/N-ethyl adjacent to an activating group) is 1. The van der Waals surface area contributed by atoms with E-state index in [2.05, 4.69) is 5.32 Å². The van der Waals surface area contributed by atoms with Gasteiger partial charge >= 0.3 is 0 Å². The molecule has 1 atom stereocenters. The first kappa shape index (κ1) is 17.9. The Morgan fingerprint density at radius 1 is 1.17 bits per heavy atom. The van der Waals surface area contributed by atoms with Crippen LogP contribution in [0, 0.1) is 5.82 Å². The summed E-state index contributed by atoms with van der Waals surface area (Å²) in [6.07, 6.45) is 0. The molecule has 0 unspecified atom stereocenters. The molecule has 0 aliphatic rings. The third kappa shape index (κ3) is 5.06. The van der Waals surface area contributed by atoms with Gasteiger partial charge in [0.15, 0.2) is 0 Å². The van der Waals surface area contributed by atoms with Gasteiger partial charge < -0.3 is 10.1 Å². The van der Waals surface area contributed by atoms with Crippen molar-refractivity contribution < 1.29 is 13.9 Å². The van der Waals surface area contributed by atoms with Gasteiger partial charge in [0.05, 0.1) is 12.6 Å². The van der Waals surface area contributed by atoms with Crippen LogP contribution in [-0.2, 0) is 11.3 Å². The fourth-order valence-electron chi connectivity index (χ4n) is 2.26. The minimum atomic E-state index is -0.325. The highest BCUT2D eigenvalue weighted by Crippen LogP contribution is 2.15. The Morgan fingerprint density at radius 3 is 2.38 bits per heavy atom. The highest BCUT2D eigenvalue weighted by molar-refractivity contribution is 5.94. The molecule has 2 aromatic rings. The molecule has 0 aliphatic heterocycles. The van der Waals surface area contributed by atoms with E-state index in [4.69, 9.17) is 4.74 Å². The topological polar surface area (TPSA) is 41.6 Å². The Hall–Kier alpha value is -2.40. The number of nitrogens with zero attached hydrogens (tertiary/aromatic N) is 1. The molecule has 0 spiro atoms. The number of nitrogens with one attached hydrogen (secondary N) is 1. The molecule has 0 fully saturated rings. The number of amides is 1. The van der Waals surface area contributed by atoms with Gasteiger partial charge in [0.25, 0.3) is 0 Å². The number of rotatable bonds is 7. The fourth-order valence-corrected chi connectivity index (χ4v) is 2.26. The van der Waals surface area contributed by atoms with E-state index in [1.165, 1.54) is 12.1 Å². The molecule has 2 aromatic carbocycles. The molecule has 4 nitrogen and oxygen atoms in total. The van der Waals surface area contributed by atoms with Crippen LogP contribution in [0.25, 0.3) is 0 Å². The van der Waals surface area contributed by atoms with E-state index in [9.17, 15) is 9.18 Å². The average Bonchev–Trinajstić information content (AvgIpc) is 2.58. The lowest BCUT2D eigenvalue weighted by molar-refractivity contribution is -0.120. The van der Waals surface area contributed by atoms with Gasteiger partial charge in [-0.2, -0.15) is 0 Å². The summed E-state index contributed by atoms with van der Waals surface area (Å²) in [6.45, 7) is 5.07. The van der Waals surface area contributed by atoms with Gasteiger partial charge in [-0.1, -0.05) is 12.1 Å². The van der Waals surface area contributed by atoms with Crippen LogP contribution < -0.4 is 10.1 Å². The molecule has 0 aromatic heterocycles. The molecule has 1 amide bonds. The van der Waals surface area contributed by atoms with E-state index in [-0.39, 0.29) is 17.8 Å². The van der Waals surface area contributed by atoms with E-state index in [1.54, 1.807) is 12.1 Å². The predicted octanol–water partition coefficient (Wildman–Crippen LogP) is 3.68. The lowest BCUT2D eigenvalue weighted by Gasteiger charge is -2.24. The lowest BCUT2D eigenvalue weighted by Crippen LogP contribution is -2.39. The van der Waals surface area contributed by atoms with Gasteiger partial charge in [0.2, 0.25) is 5.91 Å². The molecule has 0 saturated carbocycles. The molecule has 0 saturated heterocycles. The maximum absolute atomic E-state index is 12.9. The van der Waals surface area contributed by atoms with E-state index >= 15 is 0 Å². The highest BCUT2D eigenvalue weighted by Gasteiger charge is 2.18. The van der Waals surface area contributed by atoms with Crippen LogP contribution in [0.4, 0.5) is 10.1 Å². The zero-order valence-electron chi connectivity index (χ0n) is 14.3. The van der Waals surface area contributed by atoms with Gasteiger partial charge in [-0.15, -0.1) is 0 Å². The van der Waals surface area contributed by atoms with Crippen LogP contribution in [0.5, 0.6) is 5.75 Å². The first-order valence-corrected chi connectivity index (χ1v) is 7.98. The SMILES string of the molecule is CCOc1ccc(CN(C)[C@H](C)C(=O)Nc2ccc(F)cc2)cc1. The van der Waals surface area contributed by atoms with Crippen molar-refractivity contribution in [2.24, 2.45) is 0 Å². The third-order valence-corrected chi connectivity index (χ3v) is 3.82. The van der Waals surface area contributed by atoms with Crippen LogP contribution in [0.2, 0.25) is 0 Å². The quantitative estimate of drug-likeness (QED) is 0.842. The van der Waals surface area contributed by atoms with E-state index < -0.39 is 0 Å². The second kappa shape index (κ2) is 8.45. The lowest BCUT2D eigenvalue weighted by atomic mass is 10.1. The number of anilines is 1. The Morgan fingerprint density at radius 2 is 1.79 bits per heavy atom. The summed E-state index contributed by atoms with van der Waals surface area (Å²) in [5.41, 5.74) is 1.69. The molecular weight excluding hydrogens is 307 g/mol. The van der Waals surface area contributed by atoms with Gasteiger partial charge in [-0.3, -0.25) is 9.69 Å². The Labute approximate surface area is 142 Å². The Bertz CT molecular complexity index is 656. The minimum Gasteiger partial charge on any atom is -0.494 e. The highest BCUT2D eigenvalue weighted by atomic mass is 19.1. The molecule has 0 bridgehead atoms. The Balaban J connectivity index is 1.91. The summed E-state index contributed by atoms with van der Waals surface area (Å²) in [6, 6.07) is 13.3. The number of hydrogen-bond acceptors (Lipinski definition) is 3. The summed E-state index contributed by atoms with van der Waals surface area (Å²) in [7, 11) is 1.89. The van der Waals surface area contributed by atoms with Crippen molar-refractivity contribution in [3.8, 4) is 5.75 Å². The van der Waals surface area contributed by atoms with Crippen molar-refractivity contribution in [3.63, 3.8) is 0 Å². The molecule has 0 aliphatic carbocycles. The average molecular weight is 330 g/mol. The standard InChI is InChI=1S/C19H23FN2O2/c1-4-24-18-11-5-15(6-12-18)13-22(3)14(2)19(23)21-17-9-7-16(20)8-10-17/h5-12,14H,4,13H2,1-3H3,(H,21,23)/t14-/m1/s1. The molecule has 5 heteroatoms. The smallest absolute Gasteiger partial charge is 0.241 e. The van der Waals surface area contributed by atoms with Crippen molar-refractivity contribution >= 4 is 11.6 Å². The Kier molecular flexibility index (Phi) is 6.32. The third-order valence-electron chi connectivity index (χ3n) is 3.82. The minimum absolute atomic E-state index is 0.130. The normalized spacial score (nSPS) is 12.0. The summed E-state index contributed by atoms with van der Waals surface area (Å²) in [5, 5.41) is 2.79. The van der Waals surface area contributed by atoms with Crippen LogP contribution in [0.1, 0.15) is 19.4 Å². The van der Waals surface area contributed by atoms with Crippen molar-refractivity contribution in [2.75, 3.05) is 19.0 Å². The second-order valence-corrected chi connectivity index (χ2v) is 5.66. The van der Waals surface area contributed by atoms with Crippen LogP contribution in [0.15, 0.2) is 48.5 Å². The molecule has 0 radical (unpaired) electrons. The van der Waals surface area contributed by atoms with Crippen molar-refractivity contribution in [1.29, 1.82) is 0 Å². The maximum Gasteiger partial charge on any atom is 0.241 e. The maximum atomic E-state index is 12.9. The predicted molar refractivity (Wildman–Crippen MR) is 93.6 cm³/mol. The van der Waals surface area contributed by atoms with Crippen LogP contribution in [0.3, 0.4) is 0 Å². The first-order chi connectivity index (χ1) is 11.5. The van der Waals surface area contributed by atoms with Crippen LogP contribution in [-0.4, -0.2) is 30.5 Å². The zero-order valence-corrected chi connectivity index (χ0v) is 14.3. The molecular formula is C19H23FN2O2. The zero-order chi connectivity index (χ0) is 17.5. The number of halogens is 1. The van der Waals surface area contributed by atoms with E-state index in [0.29, 0.717) is 18.8 Å². The number of ether oxygens (including phenoxy) is 1. The van der Waals surface area contributed by atoms with Gasteiger partial charge in [0, 0.05) is 12.2 Å². The molecule has 2 rings (SSSR count). The molecule has 1 N–H and O–H groups in total. The molecule has 24 heavy (non-hydrogen) atoms. The second-order valence-electron chi connectivity index (χ2n) is 5.66. The number of hydrogen-bond donors (Lipinski definition) is 1.